The summed E-state index contributed by atoms with van der Waals surface area (Å²) in [6, 6.07) is 11.2. The summed E-state index contributed by atoms with van der Waals surface area (Å²) in [5, 5.41) is 5.26. The minimum Gasteiger partial charge on any atom is -0.486 e. The normalized spacial score (nSPS) is 15.9. The van der Waals surface area contributed by atoms with Crippen LogP contribution in [0.3, 0.4) is 0 Å². The SMILES string of the molecule is O=C(COC(=O)C1(c2ccc(Cl)cc2)CCC1)NC(=O)Nc1ccc2c(c1)OCCO2. The van der Waals surface area contributed by atoms with Gasteiger partial charge in [0.15, 0.2) is 18.1 Å². The maximum atomic E-state index is 12.7. The van der Waals surface area contributed by atoms with Gasteiger partial charge in [-0.2, -0.15) is 0 Å². The van der Waals surface area contributed by atoms with E-state index in [0.717, 1.165) is 12.0 Å². The van der Waals surface area contributed by atoms with Crippen LogP contribution in [0.4, 0.5) is 10.5 Å². The first-order valence-electron chi connectivity index (χ1n) is 9.90. The van der Waals surface area contributed by atoms with Crippen LogP contribution in [-0.2, 0) is 19.7 Å². The molecule has 0 aromatic heterocycles. The molecule has 2 N–H and O–H groups in total. The van der Waals surface area contributed by atoms with Gasteiger partial charge in [0, 0.05) is 16.8 Å². The van der Waals surface area contributed by atoms with Crippen LogP contribution in [0.25, 0.3) is 0 Å². The van der Waals surface area contributed by atoms with Gasteiger partial charge in [0.1, 0.15) is 13.2 Å². The molecule has 1 fully saturated rings. The third kappa shape index (κ3) is 4.59. The minimum absolute atomic E-state index is 0.421. The van der Waals surface area contributed by atoms with Gasteiger partial charge < -0.3 is 19.5 Å². The van der Waals surface area contributed by atoms with Crippen LogP contribution in [0.15, 0.2) is 42.5 Å². The Balaban J connectivity index is 1.29. The molecule has 1 heterocycles. The number of carbonyl (C=O) groups is 3. The zero-order valence-electron chi connectivity index (χ0n) is 16.6. The number of amides is 3. The van der Waals surface area contributed by atoms with Crippen molar-refractivity contribution in [1.82, 2.24) is 5.32 Å². The van der Waals surface area contributed by atoms with E-state index >= 15 is 0 Å². The largest absolute Gasteiger partial charge is 0.486 e. The molecule has 0 unspecified atom stereocenters. The first-order chi connectivity index (χ1) is 15.0. The number of anilines is 1. The maximum Gasteiger partial charge on any atom is 0.325 e. The van der Waals surface area contributed by atoms with Crippen LogP contribution in [-0.4, -0.2) is 37.7 Å². The number of ether oxygens (including phenoxy) is 3. The Morgan fingerprint density at radius 2 is 1.71 bits per heavy atom. The van der Waals surface area contributed by atoms with E-state index in [-0.39, 0.29) is 0 Å². The van der Waals surface area contributed by atoms with Gasteiger partial charge in [-0.05, 0) is 42.7 Å². The third-order valence-corrected chi connectivity index (χ3v) is 5.63. The van der Waals surface area contributed by atoms with E-state index in [1.165, 1.54) is 0 Å². The number of fused-ring (bicyclic) bond motifs is 1. The van der Waals surface area contributed by atoms with Gasteiger partial charge in [0.05, 0.1) is 5.41 Å². The molecule has 1 aliphatic carbocycles. The highest BCUT2D eigenvalue weighted by Gasteiger charge is 2.47. The zero-order valence-corrected chi connectivity index (χ0v) is 17.4. The van der Waals surface area contributed by atoms with E-state index in [0.29, 0.717) is 48.3 Å². The number of nitrogens with one attached hydrogen (secondary N) is 2. The molecule has 162 valence electrons. The standard InChI is InChI=1S/C22H21ClN2O6/c23-15-4-2-14(3-5-15)22(8-1-9-22)20(27)31-13-19(26)25-21(28)24-16-6-7-17-18(12-16)30-11-10-29-17/h2-7,12H,1,8-11,13H2,(H2,24,25,26,28). The van der Waals surface area contributed by atoms with E-state index in [2.05, 4.69) is 10.6 Å². The van der Waals surface area contributed by atoms with E-state index in [4.69, 9.17) is 25.8 Å². The first kappa shape index (κ1) is 21.0. The second-order valence-electron chi connectivity index (χ2n) is 7.38. The van der Waals surface area contributed by atoms with Crippen molar-refractivity contribution >= 4 is 35.2 Å². The van der Waals surface area contributed by atoms with Crippen molar-refractivity contribution in [2.45, 2.75) is 24.7 Å². The Bertz CT molecular complexity index is 1000. The van der Waals surface area contributed by atoms with Gasteiger partial charge >= 0.3 is 12.0 Å². The molecule has 3 amide bonds. The summed E-state index contributed by atoms with van der Waals surface area (Å²) in [6.07, 6.45) is 2.17. The predicted molar refractivity (Wildman–Crippen MR) is 113 cm³/mol. The molecule has 0 saturated heterocycles. The van der Waals surface area contributed by atoms with Crippen LogP contribution in [0.5, 0.6) is 11.5 Å². The Morgan fingerprint density at radius 1 is 1.00 bits per heavy atom. The molecule has 0 atom stereocenters. The van der Waals surface area contributed by atoms with Crippen LogP contribution >= 0.6 is 11.6 Å². The summed E-state index contributed by atoms with van der Waals surface area (Å²) < 4.78 is 16.1. The second kappa shape index (κ2) is 8.85. The van der Waals surface area contributed by atoms with Gasteiger partial charge in [-0.25, -0.2) is 4.79 Å². The summed E-state index contributed by atoms with van der Waals surface area (Å²) in [4.78, 5) is 36.9. The van der Waals surface area contributed by atoms with Gasteiger partial charge in [-0.1, -0.05) is 30.2 Å². The Kier molecular flexibility index (Phi) is 5.99. The van der Waals surface area contributed by atoms with Crippen molar-refractivity contribution in [2.24, 2.45) is 0 Å². The molecule has 4 rings (SSSR count). The molecule has 31 heavy (non-hydrogen) atoms. The number of esters is 1. The van der Waals surface area contributed by atoms with Crippen molar-refractivity contribution < 1.29 is 28.6 Å². The van der Waals surface area contributed by atoms with Crippen LogP contribution in [0, 0.1) is 0 Å². The number of carbonyl (C=O) groups excluding carboxylic acids is 3. The highest BCUT2D eigenvalue weighted by Crippen LogP contribution is 2.45. The lowest BCUT2D eigenvalue weighted by Gasteiger charge is -2.39. The summed E-state index contributed by atoms with van der Waals surface area (Å²) in [6.45, 7) is 0.333. The highest BCUT2D eigenvalue weighted by atomic mass is 35.5. The van der Waals surface area contributed by atoms with Crippen molar-refractivity contribution in [3.63, 3.8) is 0 Å². The molecule has 0 bridgehead atoms. The molecule has 1 aliphatic heterocycles. The number of halogens is 1. The first-order valence-corrected chi connectivity index (χ1v) is 10.3. The average molecular weight is 445 g/mol. The number of benzene rings is 2. The lowest BCUT2D eigenvalue weighted by Crippen LogP contribution is -2.45. The lowest BCUT2D eigenvalue weighted by molar-refractivity contribution is -0.157. The smallest absolute Gasteiger partial charge is 0.325 e. The Labute approximate surface area is 183 Å². The van der Waals surface area contributed by atoms with E-state index < -0.39 is 29.9 Å². The predicted octanol–water partition coefficient (Wildman–Crippen LogP) is 3.42. The Morgan fingerprint density at radius 3 is 2.39 bits per heavy atom. The highest BCUT2D eigenvalue weighted by molar-refractivity contribution is 6.30. The van der Waals surface area contributed by atoms with Gasteiger partial charge in [-0.15, -0.1) is 0 Å². The fourth-order valence-corrected chi connectivity index (χ4v) is 3.75. The quantitative estimate of drug-likeness (QED) is 0.685. The molecular weight excluding hydrogens is 424 g/mol. The van der Waals surface area contributed by atoms with E-state index in [1.807, 2.05) is 0 Å². The van der Waals surface area contributed by atoms with Crippen molar-refractivity contribution in [3.05, 3.63) is 53.1 Å². The maximum absolute atomic E-state index is 12.7. The lowest BCUT2D eigenvalue weighted by atomic mass is 9.64. The summed E-state index contributed by atoms with van der Waals surface area (Å²) in [5.74, 6) is -0.111. The van der Waals surface area contributed by atoms with Gasteiger partial charge in [-0.3, -0.25) is 14.9 Å². The number of urea groups is 1. The fourth-order valence-electron chi connectivity index (χ4n) is 3.63. The molecule has 0 spiro atoms. The monoisotopic (exact) mass is 444 g/mol. The van der Waals surface area contributed by atoms with Crippen molar-refractivity contribution in [1.29, 1.82) is 0 Å². The summed E-state index contributed by atoms with van der Waals surface area (Å²) in [7, 11) is 0. The molecular formula is C22H21ClN2O6. The van der Waals surface area contributed by atoms with E-state index in [9.17, 15) is 14.4 Å². The van der Waals surface area contributed by atoms with Crippen molar-refractivity contribution in [2.75, 3.05) is 25.1 Å². The van der Waals surface area contributed by atoms with Crippen LogP contribution < -0.4 is 20.1 Å². The second-order valence-corrected chi connectivity index (χ2v) is 7.82. The van der Waals surface area contributed by atoms with Gasteiger partial charge in [0.25, 0.3) is 5.91 Å². The molecule has 2 aromatic carbocycles. The van der Waals surface area contributed by atoms with Crippen LogP contribution in [0.1, 0.15) is 24.8 Å². The zero-order chi connectivity index (χ0) is 21.8. The van der Waals surface area contributed by atoms with E-state index in [1.54, 1.807) is 42.5 Å². The molecule has 1 saturated carbocycles. The average Bonchev–Trinajstić information content (AvgIpc) is 2.72. The molecule has 2 aromatic rings. The number of imide groups is 1. The number of rotatable bonds is 5. The number of hydrogen-bond donors (Lipinski definition) is 2. The van der Waals surface area contributed by atoms with Gasteiger partial charge in [0.2, 0.25) is 0 Å². The van der Waals surface area contributed by atoms with Crippen LogP contribution in [0.2, 0.25) is 5.02 Å². The topological polar surface area (TPSA) is 103 Å². The number of hydrogen-bond acceptors (Lipinski definition) is 6. The minimum atomic E-state index is -0.766. The summed E-state index contributed by atoms with van der Waals surface area (Å²) >= 11 is 5.93. The fraction of sp³-hybridized carbons (Fsp3) is 0.318. The molecule has 8 nitrogen and oxygen atoms in total. The molecule has 9 heteroatoms. The molecule has 2 aliphatic rings. The summed E-state index contributed by atoms with van der Waals surface area (Å²) in [5.41, 5.74) is 0.478. The third-order valence-electron chi connectivity index (χ3n) is 5.38. The van der Waals surface area contributed by atoms with Crippen molar-refractivity contribution in [3.8, 4) is 11.5 Å². The molecule has 0 radical (unpaired) electrons. The Hall–Kier alpha value is -3.26.